The number of carbonyl (C=O) groups excluding carboxylic acids is 1. The van der Waals surface area contributed by atoms with Gasteiger partial charge in [0.1, 0.15) is 23.9 Å². The maximum Gasteiger partial charge on any atom is 0.254 e. The van der Waals surface area contributed by atoms with Crippen LogP contribution in [-0.2, 0) is 4.74 Å². The summed E-state index contributed by atoms with van der Waals surface area (Å²) in [5.41, 5.74) is 1.26. The Hall–Kier alpha value is -2.60. The second kappa shape index (κ2) is 7.53. The summed E-state index contributed by atoms with van der Waals surface area (Å²) in [7, 11) is 1.57. The van der Waals surface area contributed by atoms with E-state index in [2.05, 4.69) is 0 Å². The summed E-state index contributed by atoms with van der Waals surface area (Å²) in [5.74, 6) is -0.101. The molecule has 0 aromatic heterocycles. The van der Waals surface area contributed by atoms with Gasteiger partial charge in [-0.15, -0.1) is 0 Å². The second-order valence-corrected chi connectivity index (χ2v) is 5.91. The van der Waals surface area contributed by atoms with Crippen molar-refractivity contribution in [1.82, 2.24) is 4.90 Å². The van der Waals surface area contributed by atoms with Crippen LogP contribution in [0.15, 0.2) is 42.5 Å². The maximum absolute atomic E-state index is 13.1. The third-order valence-electron chi connectivity index (χ3n) is 4.23. The van der Waals surface area contributed by atoms with Gasteiger partial charge in [0.15, 0.2) is 0 Å². The van der Waals surface area contributed by atoms with Crippen LogP contribution in [0.3, 0.4) is 0 Å². The van der Waals surface area contributed by atoms with Crippen LogP contribution in [0.4, 0.5) is 4.39 Å². The Kier molecular flexibility index (Phi) is 5.19. The number of methoxy groups -OCH3 is 1. The molecule has 1 N–H and O–H groups in total. The molecule has 1 aliphatic heterocycles. The van der Waals surface area contributed by atoms with Crippen molar-refractivity contribution in [2.45, 2.75) is 12.5 Å². The molecule has 25 heavy (non-hydrogen) atoms. The molecule has 2 aromatic carbocycles. The largest absolute Gasteiger partial charge is 0.508 e. The number of rotatable bonds is 6. The van der Waals surface area contributed by atoms with E-state index in [9.17, 15) is 14.3 Å². The predicted molar refractivity (Wildman–Crippen MR) is 90.3 cm³/mol. The van der Waals surface area contributed by atoms with Crippen LogP contribution in [0.5, 0.6) is 11.5 Å². The van der Waals surface area contributed by atoms with Gasteiger partial charge in [0.2, 0.25) is 0 Å². The van der Waals surface area contributed by atoms with Crippen LogP contribution >= 0.6 is 0 Å². The van der Waals surface area contributed by atoms with Crippen LogP contribution in [0, 0.1) is 5.82 Å². The molecule has 1 unspecified atom stereocenters. The number of halogens is 1. The number of carbonyl (C=O) groups is 1. The number of phenols is 1. The molecule has 6 heteroatoms. The topological polar surface area (TPSA) is 59.0 Å². The number of nitrogens with zero attached hydrogens (tertiary/aromatic N) is 1. The van der Waals surface area contributed by atoms with Crippen molar-refractivity contribution in [1.29, 1.82) is 0 Å². The molecule has 0 bridgehead atoms. The van der Waals surface area contributed by atoms with Gasteiger partial charge >= 0.3 is 0 Å². The van der Waals surface area contributed by atoms with Gasteiger partial charge in [-0.25, -0.2) is 4.39 Å². The Morgan fingerprint density at radius 1 is 1.24 bits per heavy atom. The van der Waals surface area contributed by atoms with Crippen molar-refractivity contribution in [3.63, 3.8) is 0 Å². The van der Waals surface area contributed by atoms with Crippen LogP contribution in [0.1, 0.15) is 28.4 Å². The Bertz CT molecular complexity index is 748. The summed E-state index contributed by atoms with van der Waals surface area (Å²) < 4.78 is 23.5. The van der Waals surface area contributed by atoms with E-state index in [0.717, 1.165) is 12.0 Å². The molecule has 1 amide bonds. The number of hydrogen-bond donors (Lipinski definition) is 1. The number of hydrogen-bond acceptors (Lipinski definition) is 4. The van der Waals surface area contributed by atoms with E-state index in [0.29, 0.717) is 31.1 Å². The molecule has 0 spiro atoms. The summed E-state index contributed by atoms with van der Waals surface area (Å²) in [6.45, 7) is 1.36. The molecule has 132 valence electrons. The minimum absolute atomic E-state index is 0.0304. The van der Waals surface area contributed by atoms with Crippen LogP contribution in [0.2, 0.25) is 0 Å². The van der Waals surface area contributed by atoms with Crippen molar-refractivity contribution in [2.24, 2.45) is 0 Å². The molecule has 2 aromatic rings. The van der Waals surface area contributed by atoms with Crippen molar-refractivity contribution >= 4 is 5.91 Å². The Morgan fingerprint density at radius 3 is 2.64 bits per heavy atom. The minimum Gasteiger partial charge on any atom is -0.508 e. The molecule has 1 fully saturated rings. The molecule has 1 aliphatic rings. The van der Waals surface area contributed by atoms with Crippen molar-refractivity contribution in [2.75, 3.05) is 26.9 Å². The minimum atomic E-state index is -0.299. The molecule has 3 rings (SSSR count). The monoisotopic (exact) mass is 345 g/mol. The van der Waals surface area contributed by atoms with Gasteiger partial charge in [0, 0.05) is 25.3 Å². The molecule has 0 radical (unpaired) electrons. The fourth-order valence-corrected chi connectivity index (χ4v) is 2.86. The van der Waals surface area contributed by atoms with Gasteiger partial charge in [-0.3, -0.25) is 4.79 Å². The molecular formula is C19H20FNO4. The van der Waals surface area contributed by atoms with E-state index in [1.54, 1.807) is 30.2 Å². The first-order chi connectivity index (χ1) is 12.1. The molecular weight excluding hydrogens is 325 g/mol. The summed E-state index contributed by atoms with van der Waals surface area (Å²) in [4.78, 5) is 14.5. The van der Waals surface area contributed by atoms with Gasteiger partial charge < -0.3 is 19.5 Å². The molecule has 0 saturated carbocycles. The summed E-state index contributed by atoms with van der Waals surface area (Å²) in [6, 6.07) is 10.6. The maximum atomic E-state index is 13.1. The Morgan fingerprint density at radius 2 is 2.00 bits per heavy atom. The predicted octanol–water partition coefficient (Wildman–Crippen LogP) is 3.14. The summed E-state index contributed by atoms with van der Waals surface area (Å²) in [6.07, 6.45) is 0.827. The number of benzene rings is 2. The fourth-order valence-electron chi connectivity index (χ4n) is 2.86. The normalized spacial score (nSPS) is 16.4. The van der Waals surface area contributed by atoms with Crippen LogP contribution in [0.25, 0.3) is 0 Å². The molecule has 1 atom stereocenters. The highest BCUT2D eigenvalue weighted by molar-refractivity contribution is 5.95. The first-order valence-electron chi connectivity index (χ1n) is 8.10. The molecule has 1 heterocycles. The number of likely N-dealkylation sites (tertiary alicyclic amines) is 1. The highest BCUT2D eigenvalue weighted by Gasteiger charge is 2.34. The third kappa shape index (κ3) is 3.91. The van der Waals surface area contributed by atoms with Crippen molar-refractivity contribution in [3.05, 3.63) is 59.4 Å². The zero-order valence-corrected chi connectivity index (χ0v) is 13.9. The standard InChI is InChI=1S/C19H20FNO4/c1-24-8-9-25-17-11-14(10-16(22)12-17)19(23)21-7-6-18(21)13-2-4-15(20)5-3-13/h2-5,10-12,18,22H,6-9H2,1H3. The van der Waals surface area contributed by atoms with E-state index < -0.39 is 0 Å². The lowest BCUT2D eigenvalue weighted by Gasteiger charge is -2.41. The third-order valence-corrected chi connectivity index (χ3v) is 4.23. The van der Waals surface area contributed by atoms with Gasteiger partial charge in [0.05, 0.1) is 12.6 Å². The number of ether oxygens (including phenoxy) is 2. The lowest BCUT2D eigenvalue weighted by Crippen LogP contribution is -2.45. The first kappa shape index (κ1) is 17.2. The lowest BCUT2D eigenvalue weighted by molar-refractivity contribution is 0.0459. The zero-order chi connectivity index (χ0) is 17.8. The van der Waals surface area contributed by atoms with E-state index in [1.165, 1.54) is 24.3 Å². The van der Waals surface area contributed by atoms with Gasteiger partial charge in [0.25, 0.3) is 5.91 Å². The quantitative estimate of drug-likeness (QED) is 0.817. The van der Waals surface area contributed by atoms with E-state index in [1.807, 2.05) is 0 Å². The Balaban J connectivity index is 1.75. The van der Waals surface area contributed by atoms with Gasteiger partial charge in [-0.1, -0.05) is 12.1 Å². The molecule has 1 saturated heterocycles. The molecule has 0 aliphatic carbocycles. The second-order valence-electron chi connectivity index (χ2n) is 5.91. The number of aromatic hydroxyl groups is 1. The van der Waals surface area contributed by atoms with Crippen LogP contribution in [-0.4, -0.2) is 42.8 Å². The first-order valence-corrected chi connectivity index (χ1v) is 8.10. The fraction of sp³-hybridized carbons (Fsp3) is 0.316. The summed E-state index contributed by atoms with van der Waals surface area (Å²) in [5, 5.41) is 9.86. The van der Waals surface area contributed by atoms with Crippen molar-refractivity contribution < 1.29 is 23.8 Å². The zero-order valence-electron chi connectivity index (χ0n) is 13.9. The van der Waals surface area contributed by atoms with Gasteiger partial charge in [-0.2, -0.15) is 0 Å². The van der Waals surface area contributed by atoms with Gasteiger partial charge in [-0.05, 0) is 36.2 Å². The molecule has 5 nitrogen and oxygen atoms in total. The Labute approximate surface area is 145 Å². The van der Waals surface area contributed by atoms with E-state index in [-0.39, 0.29) is 23.5 Å². The smallest absolute Gasteiger partial charge is 0.254 e. The summed E-state index contributed by atoms with van der Waals surface area (Å²) >= 11 is 0. The average Bonchev–Trinajstić information content (AvgIpc) is 2.55. The van der Waals surface area contributed by atoms with Crippen molar-refractivity contribution in [3.8, 4) is 11.5 Å². The van der Waals surface area contributed by atoms with Crippen LogP contribution < -0.4 is 4.74 Å². The number of amides is 1. The SMILES string of the molecule is COCCOc1cc(O)cc(C(=O)N2CCC2c2ccc(F)cc2)c1. The number of phenolic OH excluding ortho intramolecular Hbond substituents is 1. The van der Waals surface area contributed by atoms with E-state index >= 15 is 0 Å². The highest BCUT2D eigenvalue weighted by atomic mass is 19.1. The lowest BCUT2D eigenvalue weighted by atomic mass is 9.93. The van der Waals surface area contributed by atoms with E-state index in [4.69, 9.17) is 9.47 Å². The highest BCUT2D eigenvalue weighted by Crippen LogP contribution is 2.35. The average molecular weight is 345 g/mol.